The van der Waals surface area contributed by atoms with Crippen LogP contribution in [0.2, 0.25) is 0 Å². The molecule has 0 saturated carbocycles. The van der Waals surface area contributed by atoms with E-state index in [4.69, 9.17) is 9.84 Å². The molecule has 35 heavy (non-hydrogen) atoms. The summed E-state index contributed by atoms with van der Waals surface area (Å²) >= 11 is 0. The van der Waals surface area contributed by atoms with E-state index in [1.165, 1.54) is 6.07 Å². The zero-order chi connectivity index (χ0) is 25.4. The van der Waals surface area contributed by atoms with E-state index in [9.17, 15) is 18.4 Å². The number of ether oxygens (including phenoxy) is 1. The fourth-order valence-electron chi connectivity index (χ4n) is 3.13. The topological polar surface area (TPSA) is 113 Å². The van der Waals surface area contributed by atoms with Gasteiger partial charge in [0.2, 0.25) is 5.88 Å². The summed E-state index contributed by atoms with van der Waals surface area (Å²) in [5, 5.41) is 22.5. The number of hydrogen-bond donors (Lipinski definition) is 3. The van der Waals surface area contributed by atoms with Gasteiger partial charge in [0.05, 0.1) is 18.2 Å². The highest BCUT2D eigenvalue weighted by atomic mass is 19.1. The average molecular weight is 485 g/mol. The van der Waals surface area contributed by atoms with E-state index in [2.05, 4.69) is 20.8 Å². The van der Waals surface area contributed by atoms with Crippen LogP contribution < -0.4 is 15.4 Å². The molecule has 0 bridgehead atoms. The van der Waals surface area contributed by atoms with Gasteiger partial charge in [-0.15, -0.1) is 10.2 Å². The largest absolute Gasteiger partial charge is 0.481 e. The third-order valence-electron chi connectivity index (χ3n) is 5.19. The fourth-order valence-corrected chi connectivity index (χ4v) is 3.13. The number of nitrogens with zero attached hydrogens (tertiary/aromatic N) is 2. The molecular formula is C25H26F2N4O4. The van der Waals surface area contributed by atoms with Gasteiger partial charge in [-0.1, -0.05) is 13.8 Å². The molecule has 0 spiro atoms. The Morgan fingerprint density at radius 1 is 1.03 bits per heavy atom. The van der Waals surface area contributed by atoms with Crippen LogP contribution in [0.4, 0.5) is 14.5 Å². The minimum Gasteiger partial charge on any atom is -0.481 e. The summed E-state index contributed by atoms with van der Waals surface area (Å²) in [4.78, 5) is 22.6. The zero-order valence-electron chi connectivity index (χ0n) is 19.3. The molecule has 1 amide bonds. The number of amides is 1. The van der Waals surface area contributed by atoms with Crippen molar-refractivity contribution in [3.05, 3.63) is 71.8 Å². The Bertz CT molecular complexity index is 1160. The van der Waals surface area contributed by atoms with Crippen molar-refractivity contribution in [2.24, 2.45) is 5.92 Å². The lowest BCUT2D eigenvalue weighted by Crippen LogP contribution is -2.32. The molecule has 1 unspecified atom stereocenters. The van der Waals surface area contributed by atoms with Crippen molar-refractivity contribution in [2.75, 3.05) is 18.5 Å². The van der Waals surface area contributed by atoms with Crippen LogP contribution in [0.15, 0.2) is 54.6 Å². The first-order valence-corrected chi connectivity index (χ1v) is 11.0. The highest BCUT2D eigenvalue weighted by Gasteiger charge is 2.16. The standard InChI is InChI=1S/C25H26F2N4O4/c1-15(2)22(29-18-6-3-16(4-7-18)25(34)28-12-11-24(32)33)14-35-23-10-9-21(30-31-23)19-8-5-17(26)13-20(19)27/h3-10,13,15,22,29H,11-12,14H2,1-2H3,(H,28,34)(H,32,33). The van der Waals surface area contributed by atoms with Crippen molar-refractivity contribution in [1.29, 1.82) is 0 Å². The first kappa shape index (κ1) is 25.5. The highest BCUT2D eigenvalue weighted by Crippen LogP contribution is 2.22. The second kappa shape index (κ2) is 11.9. The number of halogens is 2. The Morgan fingerprint density at radius 3 is 2.37 bits per heavy atom. The molecule has 1 atom stereocenters. The van der Waals surface area contributed by atoms with E-state index in [0.717, 1.165) is 17.8 Å². The van der Waals surface area contributed by atoms with Crippen molar-refractivity contribution in [3.63, 3.8) is 0 Å². The number of carboxylic acid groups (broad SMARTS) is 1. The maximum absolute atomic E-state index is 13.9. The third kappa shape index (κ3) is 7.46. The maximum Gasteiger partial charge on any atom is 0.305 e. The van der Waals surface area contributed by atoms with Gasteiger partial charge in [0.15, 0.2) is 0 Å². The van der Waals surface area contributed by atoms with E-state index < -0.39 is 17.6 Å². The minimum absolute atomic E-state index is 0.0592. The molecule has 0 fully saturated rings. The number of hydrogen-bond acceptors (Lipinski definition) is 6. The van der Waals surface area contributed by atoms with Crippen LogP contribution in [0, 0.1) is 17.6 Å². The van der Waals surface area contributed by atoms with Crippen LogP contribution >= 0.6 is 0 Å². The molecule has 0 aliphatic heterocycles. The normalized spacial score (nSPS) is 11.7. The first-order valence-electron chi connectivity index (χ1n) is 11.0. The number of aliphatic carboxylic acids is 1. The Balaban J connectivity index is 1.56. The van der Waals surface area contributed by atoms with E-state index in [1.807, 2.05) is 13.8 Å². The Hall–Kier alpha value is -4.08. The number of aromatic nitrogens is 2. The van der Waals surface area contributed by atoms with Gasteiger partial charge < -0.3 is 20.5 Å². The summed E-state index contributed by atoms with van der Waals surface area (Å²) in [5.41, 5.74) is 1.61. The molecule has 1 heterocycles. The fraction of sp³-hybridized carbons (Fsp3) is 0.280. The van der Waals surface area contributed by atoms with Crippen molar-refractivity contribution in [3.8, 4) is 17.1 Å². The van der Waals surface area contributed by atoms with E-state index >= 15 is 0 Å². The van der Waals surface area contributed by atoms with Gasteiger partial charge in [-0.3, -0.25) is 9.59 Å². The van der Waals surface area contributed by atoms with Gasteiger partial charge in [-0.2, -0.15) is 0 Å². The summed E-state index contributed by atoms with van der Waals surface area (Å²) in [6, 6.07) is 13.1. The molecule has 3 N–H and O–H groups in total. The molecule has 184 valence electrons. The molecule has 0 aliphatic carbocycles. The molecule has 1 aromatic heterocycles. The molecule has 3 rings (SSSR count). The van der Waals surface area contributed by atoms with Crippen LogP contribution in [-0.2, 0) is 4.79 Å². The molecule has 10 heteroatoms. The maximum atomic E-state index is 13.9. The first-order chi connectivity index (χ1) is 16.7. The molecule has 0 aliphatic rings. The van der Waals surface area contributed by atoms with Crippen molar-refractivity contribution in [2.45, 2.75) is 26.3 Å². The average Bonchev–Trinajstić information content (AvgIpc) is 2.82. The quantitative estimate of drug-likeness (QED) is 0.375. The number of carbonyl (C=O) groups excluding carboxylic acids is 1. The molecule has 8 nitrogen and oxygen atoms in total. The molecule has 2 aromatic carbocycles. The monoisotopic (exact) mass is 484 g/mol. The van der Waals surface area contributed by atoms with Gasteiger partial charge in [0.1, 0.15) is 18.2 Å². The second-order valence-electron chi connectivity index (χ2n) is 8.16. The molecular weight excluding hydrogens is 458 g/mol. The van der Waals surface area contributed by atoms with Crippen molar-refractivity contribution >= 4 is 17.6 Å². The summed E-state index contributed by atoms with van der Waals surface area (Å²) < 4.78 is 32.8. The van der Waals surface area contributed by atoms with Gasteiger partial charge in [0.25, 0.3) is 5.91 Å². The van der Waals surface area contributed by atoms with Crippen molar-refractivity contribution < 1.29 is 28.2 Å². The highest BCUT2D eigenvalue weighted by molar-refractivity contribution is 5.94. The molecule has 0 saturated heterocycles. The predicted molar refractivity (Wildman–Crippen MR) is 126 cm³/mol. The number of anilines is 1. The van der Waals surface area contributed by atoms with Gasteiger partial charge in [-0.05, 0) is 48.4 Å². The second-order valence-corrected chi connectivity index (χ2v) is 8.16. The third-order valence-corrected chi connectivity index (χ3v) is 5.19. The molecule has 0 radical (unpaired) electrons. The lowest BCUT2D eigenvalue weighted by molar-refractivity contribution is -0.136. The smallest absolute Gasteiger partial charge is 0.305 e. The van der Waals surface area contributed by atoms with Gasteiger partial charge >= 0.3 is 5.97 Å². The number of rotatable bonds is 11. The van der Waals surface area contributed by atoms with Crippen LogP contribution in [0.1, 0.15) is 30.6 Å². The number of nitrogens with one attached hydrogen (secondary N) is 2. The van der Waals surface area contributed by atoms with Crippen molar-refractivity contribution in [1.82, 2.24) is 15.5 Å². The Morgan fingerprint density at radius 2 is 1.77 bits per heavy atom. The van der Waals surface area contributed by atoms with E-state index in [-0.39, 0.29) is 54.6 Å². The van der Waals surface area contributed by atoms with Crippen LogP contribution in [-0.4, -0.2) is 46.4 Å². The minimum atomic E-state index is -0.976. The summed E-state index contributed by atoms with van der Waals surface area (Å²) in [6.45, 7) is 4.38. The van der Waals surface area contributed by atoms with Gasteiger partial charge in [-0.25, -0.2) is 8.78 Å². The van der Waals surface area contributed by atoms with Gasteiger partial charge in [0, 0.05) is 35.5 Å². The lowest BCUT2D eigenvalue weighted by atomic mass is 10.0. The van der Waals surface area contributed by atoms with Crippen LogP contribution in [0.5, 0.6) is 5.88 Å². The SMILES string of the molecule is CC(C)C(COc1ccc(-c2ccc(F)cc2F)nn1)Nc1ccc(C(=O)NCCC(=O)O)cc1. The number of benzene rings is 2. The zero-order valence-corrected chi connectivity index (χ0v) is 19.3. The Labute approximate surface area is 201 Å². The van der Waals surface area contributed by atoms with Crippen LogP contribution in [0.3, 0.4) is 0 Å². The summed E-state index contributed by atoms with van der Waals surface area (Å²) in [5.74, 6) is -2.26. The Kier molecular flexibility index (Phi) is 8.66. The van der Waals surface area contributed by atoms with E-state index in [1.54, 1.807) is 36.4 Å². The van der Waals surface area contributed by atoms with E-state index in [0.29, 0.717) is 5.56 Å². The molecule has 3 aromatic rings. The summed E-state index contributed by atoms with van der Waals surface area (Å²) in [6.07, 6.45) is -0.141. The number of carbonyl (C=O) groups is 2. The van der Waals surface area contributed by atoms with Crippen LogP contribution in [0.25, 0.3) is 11.3 Å². The predicted octanol–water partition coefficient (Wildman–Crippen LogP) is 4.14. The summed E-state index contributed by atoms with van der Waals surface area (Å²) in [7, 11) is 0. The lowest BCUT2D eigenvalue weighted by Gasteiger charge is -2.23. The number of carboxylic acids is 1.